The van der Waals surface area contributed by atoms with Crippen molar-refractivity contribution in [2.75, 3.05) is 21.5 Å². The van der Waals surface area contributed by atoms with Crippen molar-refractivity contribution in [3.63, 3.8) is 0 Å². The fraction of sp³-hybridized carbons (Fsp3) is 0.200. The SMILES string of the molecule is Cc1ccc(C)c(S(=O)(=O)Nc2cccc(C(=O)Nc3cccc(N4CCCC4=O)c3)c2)c1. The third-order valence-electron chi connectivity index (χ3n) is 5.50. The average molecular weight is 464 g/mol. The van der Waals surface area contributed by atoms with Gasteiger partial charge in [-0.25, -0.2) is 8.42 Å². The molecule has 1 heterocycles. The Morgan fingerprint density at radius 3 is 2.45 bits per heavy atom. The van der Waals surface area contributed by atoms with Crippen molar-refractivity contribution in [3.05, 3.63) is 83.4 Å². The summed E-state index contributed by atoms with van der Waals surface area (Å²) in [4.78, 5) is 26.7. The van der Waals surface area contributed by atoms with Crippen LogP contribution < -0.4 is 14.9 Å². The maximum atomic E-state index is 12.9. The number of carbonyl (C=O) groups excluding carboxylic acids is 2. The zero-order valence-electron chi connectivity index (χ0n) is 18.5. The summed E-state index contributed by atoms with van der Waals surface area (Å²) in [7, 11) is -3.81. The number of nitrogens with zero attached hydrogens (tertiary/aromatic N) is 1. The van der Waals surface area contributed by atoms with Crippen LogP contribution in [0.4, 0.5) is 17.1 Å². The summed E-state index contributed by atoms with van der Waals surface area (Å²) in [5, 5.41) is 2.82. The minimum atomic E-state index is -3.81. The maximum absolute atomic E-state index is 12.9. The number of nitrogens with one attached hydrogen (secondary N) is 2. The van der Waals surface area contributed by atoms with Crippen LogP contribution in [-0.4, -0.2) is 26.8 Å². The first kappa shape index (κ1) is 22.5. The van der Waals surface area contributed by atoms with Gasteiger partial charge in [-0.15, -0.1) is 0 Å². The van der Waals surface area contributed by atoms with Crippen molar-refractivity contribution < 1.29 is 18.0 Å². The Kier molecular flexibility index (Phi) is 6.20. The number of hydrogen-bond acceptors (Lipinski definition) is 4. The predicted molar refractivity (Wildman–Crippen MR) is 129 cm³/mol. The van der Waals surface area contributed by atoms with E-state index in [0.717, 1.165) is 17.7 Å². The van der Waals surface area contributed by atoms with Crippen LogP contribution in [0.5, 0.6) is 0 Å². The second-order valence-corrected chi connectivity index (χ2v) is 9.76. The lowest BCUT2D eigenvalue weighted by atomic mass is 10.2. The van der Waals surface area contributed by atoms with E-state index in [4.69, 9.17) is 0 Å². The van der Waals surface area contributed by atoms with E-state index in [0.29, 0.717) is 35.5 Å². The van der Waals surface area contributed by atoms with Crippen LogP contribution in [0, 0.1) is 13.8 Å². The van der Waals surface area contributed by atoms with Gasteiger partial charge in [-0.05, 0) is 73.9 Å². The van der Waals surface area contributed by atoms with E-state index in [-0.39, 0.29) is 16.7 Å². The fourth-order valence-corrected chi connectivity index (χ4v) is 5.19. The van der Waals surface area contributed by atoms with Crippen molar-refractivity contribution >= 4 is 38.9 Å². The van der Waals surface area contributed by atoms with Crippen LogP contribution >= 0.6 is 0 Å². The molecule has 33 heavy (non-hydrogen) atoms. The zero-order valence-corrected chi connectivity index (χ0v) is 19.3. The number of hydrogen-bond donors (Lipinski definition) is 2. The molecule has 1 fully saturated rings. The largest absolute Gasteiger partial charge is 0.322 e. The number of amides is 2. The minimum Gasteiger partial charge on any atom is -0.322 e. The smallest absolute Gasteiger partial charge is 0.262 e. The molecule has 1 aliphatic rings. The molecule has 4 rings (SSSR count). The molecule has 0 aliphatic carbocycles. The molecule has 0 atom stereocenters. The van der Waals surface area contributed by atoms with Gasteiger partial charge < -0.3 is 10.2 Å². The molecule has 7 nitrogen and oxygen atoms in total. The standard InChI is InChI=1S/C25H25N3O4S/c1-17-11-12-18(2)23(14-17)33(31,32)27-21-8-3-6-19(15-21)25(30)26-20-7-4-9-22(16-20)28-13-5-10-24(28)29/h3-4,6-9,11-12,14-16,27H,5,10,13H2,1-2H3,(H,26,30). The summed E-state index contributed by atoms with van der Waals surface area (Å²) in [6, 6.07) is 18.7. The van der Waals surface area contributed by atoms with Gasteiger partial charge in [0.05, 0.1) is 4.90 Å². The average Bonchev–Trinajstić information content (AvgIpc) is 3.21. The van der Waals surface area contributed by atoms with Crippen molar-refractivity contribution in [1.29, 1.82) is 0 Å². The van der Waals surface area contributed by atoms with Gasteiger partial charge in [0.15, 0.2) is 0 Å². The fourth-order valence-electron chi connectivity index (χ4n) is 3.81. The lowest BCUT2D eigenvalue weighted by Gasteiger charge is -2.17. The van der Waals surface area contributed by atoms with Crippen molar-refractivity contribution in [1.82, 2.24) is 0 Å². The van der Waals surface area contributed by atoms with Gasteiger partial charge in [-0.2, -0.15) is 0 Å². The van der Waals surface area contributed by atoms with E-state index >= 15 is 0 Å². The van der Waals surface area contributed by atoms with E-state index in [1.54, 1.807) is 60.4 Å². The van der Waals surface area contributed by atoms with Gasteiger partial charge in [-0.1, -0.05) is 24.3 Å². The Labute approximate surface area is 193 Å². The number of rotatable bonds is 6. The Hall–Kier alpha value is -3.65. The molecule has 2 N–H and O–H groups in total. The molecule has 3 aromatic carbocycles. The molecular formula is C25H25N3O4S. The van der Waals surface area contributed by atoms with Crippen LogP contribution in [0.25, 0.3) is 0 Å². The highest BCUT2D eigenvalue weighted by molar-refractivity contribution is 7.92. The van der Waals surface area contributed by atoms with Gasteiger partial charge in [-0.3, -0.25) is 14.3 Å². The van der Waals surface area contributed by atoms with Crippen LogP contribution in [0.2, 0.25) is 0 Å². The molecule has 0 radical (unpaired) electrons. The molecule has 1 aliphatic heterocycles. The number of sulfonamides is 1. The molecule has 2 amide bonds. The number of benzene rings is 3. The van der Waals surface area contributed by atoms with Gasteiger partial charge in [0, 0.05) is 35.6 Å². The lowest BCUT2D eigenvalue weighted by Crippen LogP contribution is -2.23. The van der Waals surface area contributed by atoms with Gasteiger partial charge in [0.1, 0.15) is 0 Å². The first-order valence-electron chi connectivity index (χ1n) is 10.6. The third-order valence-corrected chi connectivity index (χ3v) is 7.02. The molecule has 8 heteroatoms. The molecule has 0 aromatic heterocycles. The number of anilines is 3. The molecule has 1 saturated heterocycles. The highest BCUT2D eigenvalue weighted by Gasteiger charge is 2.22. The topological polar surface area (TPSA) is 95.6 Å². The monoisotopic (exact) mass is 463 g/mol. The molecule has 170 valence electrons. The molecule has 0 bridgehead atoms. The molecule has 3 aromatic rings. The van der Waals surface area contributed by atoms with E-state index in [1.165, 1.54) is 6.07 Å². The first-order valence-corrected chi connectivity index (χ1v) is 12.1. The van der Waals surface area contributed by atoms with E-state index in [1.807, 2.05) is 19.1 Å². The number of aryl methyl sites for hydroxylation is 2. The molecular weight excluding hydrogens is 438 g/mol. The lowest BCUT2D eigenvalue weighted by molar-refractivity contribution is -0.117. The Bertz CT molecular complexity index is 1330. The second-order valence-electron chi connectivity index (χ2n) is 8.11. The Balaban J connectivity index is 1.52. The van der Waals surface area contributed by atoms with Gasteiger partial charge in [0.2, 0.25) is 5.91 Å². The zero-order chi connectivity index (χ0) is 23.6. The normalized spacial score (nSPS) is 13.8. The highest BCUT2D eigenvalue weighted by Crippen LogP contribution is 2.25. The maximum Gasteiger partial charge on any atom is 0.262 e. The van der Waals surface area contributed by atoms with Crippen LogP contribution in [0.3, 0.4) is 0 Å². The predicted octanol–water partition coefficient (Wildman–Crippen LogP) is 4.48. The summed E-state index contributed by atoms with van der Waals surface area (Å²) in [5.41, 5.74) is 3.37. The Morgan fingerprint density at radius 1 is 0.939 bits per heavy atom. The first-order chi connectivity index (χ1) is 15.7. The quantitative estimate of drug-likeness (QED) is 0.563. The van der Waals surface area contributed by atoms with Gasteiger partial charge in [0.25, 0.3) is 15.9 Å². The highest BCUT2D eigenvalue weighted by atomic mass is 32.2. The van der Waals surface area contributed by atoms with E-state index in [9.17, 15) is 18.0 Å². The summed E-state index contributed by atoms with van der Waals surface area (Å²) in [6.45, 7) is 4.23. The minimum absolute atomic E-state index is 0.0716. The van der Waals surface area contributed by atoms with Crippen molar-refractivity contribution in [2.24, 2.45) is 0 Å². The molecule has 0 saturated carbocycles. The Morgan fingerprint density at radius 2 is 1.70 bits per heavy atom. The van der Waals surface area contributed by atoms with Gasteiger partial charge >= 0.3 is 0 Å². The third kappa shape index (κ3) is 5.06. The second kappa shape index (κ2) is 9.07. The van der Waals surface area contributed by atoms with Crippen LogP contribution in [-0.2, 0) is 14.8 Å². The van der Waals surface area contributed by atoms with Crippen molar-refractivity contribution in [3.8, 4) is 0 Å². The van der Waals surface area contributed by atoms with E-state index < -0.39 is 10.0 Å². The molecule has 0 spiro atoms. The van der Waals surface area contributed by atoms with Crippen LogP contribution in [0.15, 0.2) is 71.6 Å². The summed E-state index contributed by atoms with van der Waals surface area (Å²) < 4.78 is 28.3. The van der Waals surface area contributed by atoms with Crippen molar-refractivity contribution in [2.45, 2.75) is 31.6 Å². The summed E-state index contributed by atoms with van der Waals surface area (Å²) in [6.07, 6.45) is 1.35. The molecule has 0 unspecified atom stereocenters. The summed E-state index contributed by atoms with van der Waals surface area (Å²) in [5.74, 6) is -0.310. The number of carbonyl (C=O) groups is 2. The van der Waals surface area contributed by atoms with Crippen LogP contribution in [0.1, 0.15) is 34.3 Å². The van der Waals surface area contributed by atoms with E-state index in [2.05, 4.69) is 10.0 Å². The summed E-state index contributed by atoms with van der Waals surface area (Å²) >= 11 is 0.